The number of hydrogen-bond donors (Lipinski definition) is 2. The van der Waals surface area contributed by atoms with E-state index in [1.165, 1.54) is 26.0 Å². The van der Waals surface area contributed by atoms with Crippen molar-refractivity contribution in [1.82, 2.24) is 9.55 Å². The Hall–Kier alpha value is -3.05. The number of carbonyl (C=O) groups is 1. The Kier molecular flexibility index (Phi) is 4.57. The molecule has 2 aromatic rings. The molecule has 0 saturated heterocycles. The van der Waals surface area contributed by atoms with Gasteiger partial charge in [0.2, 0.25) is 0 Å². The van der Waals surface area contributed by atoms with Gasteiger partial charge in [-0.2, -0.15) is 0 Å². The average Bonchev–Trinajstić information content (AvgIpc) is 2.85. The Balaban J connectivity index is 2.25. The Bertz CT molecular complexity index is 978. The van der Waals surface area contributed by atoms with E-state index in [4.69, 9.17) is 10.5 Å². The second-order valence-electron chi connectivity index (χ2n) is 7.00. The molecule has 142 valence electrons. The van der Waals surface area contributed by atoms with E-state index in [1.54, 1.807) is 19.0 Å². The Morgan fingerprint density at radius 1 is 1.44 bits per heavy atom. The first-order valence-electron chi connectivity index (χ1n) is 8.38. The first-order valence-corrected chi connectivity index (χ1v) is 8.38. The summed E-state index contributed by atoms with van der Waals surface area (Å²) in [7, 11) is 3.57. The van der Waals surface area contributed by atoms with Gasteiger partial charge in [-0.25, -0.2) is 9.37 Å². The number of imidazole rings is 1. The first-order chi connectivity index (χ1) is 12.6. The van der Waals surface area contributed by atoms with Crippen LogP contribution >= 0.6 is 0 Å². The van der Waals surface area contributed by atoms with E-state index >= 15 is 0 Å². The number of hydrogen-bond acceptors (Lipinski definition) is 5. The molecule has 2 heterocycles. The van der Waals surface area contributed by atoms with Crippen LogP contribution in [0.3, 0.4) is 0 Å². The third kappa shape index (κ3) is 3.59. The van der Waals surface area contributed by atoms with E-state index in [9.17, 15) is 14.3 Å². The zero-order chi connectivity index (χ0) is 19.9. The summed E-state index contributed by atoms with van der Waals surface area (Å²) in [6.07, 6.45) is 0. The lowest BCUT2D eigenvalue weighted by molar-refractivity contribution is 0.0996. The van der Waals surface area contributed by atoms with Gasteiger partial charge >= 0.3 is 0 Å². The molecular weight excluding hydrogens is 351 g/mol. The number of aliphatic hydroxyl groups is 1. The van der Waals surface area contributed by atoms with Gasteiger partial charge in [0.1, 0.15) is 35.4 Å². The topological polar surface area (TPSA) is 93.6 Å². The van der Waals surface area contributed by atoms with E-state index in [0.29, 0.717) is 29.5 Å². The van der Waals surface area contributed by atoms with Gasteiger partial charge in [-0.15, -0.1) is 0 Å². The van der Waals surface area contributed by atoms with Crippen LogP contribution in [0.25, 0.3) is 11.4 Å². The maximum Gasteiger partial charge on any atom is 0.271 e. The van der Waals surface area contributed by atoms with Crippen LogP contribution in [0.1, 0.15) is 29.9 Å². The van der Waals surface area contributed by atoms with Gasteiger partial charge in [-0.3, -0.25) is 4.79 Å². The van der Waals surface area contributed by atoms with Crippen molar-refractivity contribution in [2.24, 2.45) is 5.73 Å². The molecule has 0 aliphatic carbocycles. The molecule has 0 fully saturated rings. The first kappa shape index (κ1) is 18.7. The SMILES string of the molecule is CN(C)c1c(C(N)=O)nc2n1CCOc1cc(F)c(C#CC(C)(C)O)cc1-2. The second kappa shape index (κ2) is 6.59. The summed E-state index contributed by atoms with van der Waals surface area (Å²) in [4.78, 5) is 18.0. The smallest absolute Gasteiger partial charge is 0.271 e. The van der Waals surface area contributed by atoms with Gasteiger partial charge in [0.15, 0.2) is 5.69 Å². The van der Waals surface area contributed by atoms with Gasteiger partial charge in [-0.1, -0.05) is 11.8 Å². The molecule has 3 rings (SSSR count). The van der Waals surface area contributed by atoms with Crippen LogP contribution in [-0.2, 0) is 6.54 Å². The van der Waals surface area contributed by atoms with E-state index < -0.39 is 17.3 Å². The monoisotopic (exact) mass is 372 g/mol. The lowest BCUT2D eigenvalue weighted by Gasteiger charge is -2.16. The van der Waals surface area contributed by atoms with Crippen LogP contribution < -0.4 is 15.4 Å². The van der Waals surface area contributed by atoms with Crippen molar-refractivity contribution in [3.05, 3.63) is 29.2 Å². The third-order valence-corrected chi connectivity index (χ3v) is 3.98. The molecule has 1 aromatic carbocycles. The molecule has 0 bridgehead atoms. The van der Waals surface area contributed by atoms with Crippen molar-refractivity contribution < 1.29 is 19.0 Å². The molecule has 1 aliphatic heterocycles. The summed E-state index contributed by atoms with van der Waals surface area (Å²) in [5, 5.41) is 9.78. The minimum atomic E-state index is -1.26. The summed E-state index contributed by atoms with van der Waals surface area (Å²) in [6, 6.07) is 2.76. The van der Waals surface area contributed by atoms with Gasteiger partial charge < -0.3 is 25.0 Å². The highest BCUT2D eigenvalue weighted by atomic mass is 19.1. The number of amides is 1. The van der Waals surface area contributed by atoms with Crippen LogP contribution in [0, 0.1) is 17.7 Å². The standard InChI is InChI=1S/C19H21FN4O3/c1-19(2,26)6-5-11-9-12-14(10-13(11)20)27-8-7-24-17(12)22-15(16(21)25)18(24)23(3)4/h9-10,26H,7-8H2,1-4H3,(H2,21,25). The zero-order valence-corrected chi connectivity index (χ0v) is 15.6. The lowest BCUT2D eigenvalue weighted by Crippen LogP contribution is -2.21. The molecule has 0 spiro atoms. The highest BCUT2D eigenvalue weighted by Gasteiger charge is 2.27. The van der Waals surface area contributed by atoms with Crippen molar-refractivity contribution in [3.8, 4) is 29.0 Å². The molecule has 27 heavy (non-hydrogen) atoms. The molecule has 0 atom stereocenters. The fraction of sp³-hybridized carbons (Fsp3) is 0.368. The maximum absolute atomic E-state index is 14.4. The number of anilines is 1. The molecule has 8 heteroatoms. The maximum atomic E-state index is 14.4. The van der Waals surface area contributed by atoms with Crippen LogP contribution in [-0.4, -0.2) is 46.9 Å². The molecule has 1 aromatic heterocycles. The van der Waals surface area contributed by atoms with Crippen molar-refractivity contribution in [2.75, 3.05) is 25.6 Å². The summed E-state index contributed by atoms with van der Waals surface area (Å²) >= 11 is 0. The number of halogens is 1. The molecule has 1 amide bonds. The van der Waals surface area contributed by atoms with Crippen molar-refractivity contribution in [1.29, 1.82) is 0 Å². The van der Waals surface area contributed by atoms with E-state index in [1.807, 2.05) is 4.57 Å². The van der Waals surface area contributed by atoms with Crippen molar-refractivity contribution in [3.63, 3.8) is 0 Å². The molecule has 3 N–H and O–H groups in total. The quantitative estimate of drug-likeness (QED) is 0.777. The average molecular weight is 372 g/mol. The van der Waals surface area contributed by atoms with Gasteiger partial charge in [0.05, 0.1) is 17.7 Å². The minimum Gasteiger partial charge on any atom is -0.491 e. The van der Waals surface area contributed by atoms with Gasteiger partial charge in [-0.05, 0) is 19.9 Å². The molecular formula is C19H21FN4O3. The normalized spacial score (nSPS) is 12.8. The number of aromatic nitrogens is 2. The van der Waals surface area contributed by atoms with Gasteiger partial charge in [0.25, 0.3) is 5.91 Å². The van der Waals surface area contributed by atoms with Crippen LogP contribution in [0.5, 0.6) is 5.75 Å². The zero-order valence-electron chi connectivity index (χ0n) is 15.6. The minimum absolute atomic E-state index is 0.1000. The number of ether oxygens (including phenoxy) is 1. The molecule has 0 unspecified atom stereocenters. The fourth-order valence-electron chi connectivity index (χ4n) is 2.89. The van der Waals surface area contributed by atoms with Gasteiger partial charge in [0, 0.05) is 20.2 Å². The Morgan fingerprint density at radius 2 is 2.15 bits per heavy atom. The molecule has 7 nitrogen and oxygen atoms in total. The lowest BCUT2D eigenvalue weighted by atomic mass is 10.1. The van der Waals surface area contributed by atoms with Crippen molar-refractivity contribution in [2.45, 2.75) is 26.0 Å². The predicted octanol–water partition coefficient (Wildman–Crippen LogP) is 1.37. The van der Waals surface area contributed by atoms with Crippen LogP contribution in [0.2, 0.25) is 0 Å². The van der Waals surface area contributed by atoms with E-state index in [2.05, 4.69) is 16.8 Å². The number of carbonyl (C=O) groups excluding carboxylic acids is 1. The predicted molar refractivity (Wildman–Crippen MR) is 99.1 cm³/mol. The number of fused-ring (bicyclic) bond motifs is 3. The Morgan fingerprint density at radius 3 is 2.74 bits per heavy atom. The van der Waals surface area contributed by atoms with Crippen LogP contribution in [0.15, 0.2) is 12.1 Å². The fourth-order valence-corrected chi connectivity index (χ4v) is 2.89. The Labute approximate surface area is 156 Å². The molecule has 0 radical (unpaired) electrons. The number of primary amides is 1. The third-order valence-electron chi connectivity index (χ3n) is 3.98. The number of benzene rings is 1. The highest BCUT2D eigenvalue weighted by molar-refractivity contribution is 5.97. The number of nitrogens with two attached hydrogens (primary N) is 1. The van der Waals surface area contributed by atoms with Crippen molar-refractivity contribution >= 4 is 11.7 Å². The summed E-state index contributed by atoms with van der Waals surface area (Å²) in [5.41, 5.74) is 4.97. The number of rotatable bonds is 2. The largest absolute Gasteiger partial charge is 0.491 e. The number of nitrogens with zero attached hydrogens (tertiary/aromatic N) is 3. The summed E-state index contributed by atoms with van der Waals surface area (Å²) < 4.78 is 21.9. The summed E-state index contributed by atoms with van der Waals surface area (Å²) in [5.74, 6) is 5.36. The van der Waals surface area contributed by atoms with Crippen LogP contribution in [0.4, 0.5) is 10.2 Å². The highest BCUT2D eigenvalue weighted by Crippen LogP contribution is 2.37. The summed E-state index contributed by atoms with van der Waals surface area (Å²) in [6.45, 7) is 3.73. The second-order valence-corrected chi connectivity index (χ2v) is 7.00. The van der Waals surface area contributed by atoms with E-state index in [-0.39, 0.29) is 17.9 Å². The van der Waals surface area contributed by atoms with E-state index in [0.717, 1.165) is 0 Å². The molecule has 1 aliphatic rings. The molecule has 0 saturated carbocycles.